The number of amides is 1. The number of rotatable bonds is 4. The molecule has 1 fully saturated rings. The summed E-state index contributed by atoms with van der Waals surface area (Å²) in [5.41, 5.74) is 0.515. The van der Waals surface area contributed by atoms with E-state index in [0.29, 0.717) is 49.2 Å². The van der Waals surface area contributed by atoms with Gasteiger partial charge in [0.2, 0.25) is 5.95 Å². The molecule has 0 aliphatic carbocycles. The van der Waals surface area contributed by atoms with E-state index in [4.69, 9.17) is 9.47 Å². The number of nitrogens with zero attached hydrogens (tertiary/aromatic N) is 4. The van der Waals surface area contributed by atoms with Gasteiger partial charge in [-0.05, 0) is 24.3 Å². The van der Waals surface area contributed by atoms with E-state index in [9.17, 15) is 4.79 Å². The number of benzene rings is 1. The molecule has 1 amide bonds. The van der Waals surface area contributed by atoms with Crippen molar-refractivity contribution in [3.63, 3.8) is 0 Å². The second-order valence-electron chi connectivity index (χ2n) is 5.39. The molecule has 0 radical (unpaired) electrons. The summed E-state index contributed by atoms with van der Waals surface area (Å²) < 4.78 is 10.5. The number of hydrogen-bond acceptors (Lipinski definition) is 6. The second-order valence-corrected chi connectivity index (χ2v) is 5.39. The molecule has 1 aromatic carbocycles. The lowest BCUT2D eigenvalue weighted by atomic mass is 10.1. The van der Waals surface area contributed by atoms with Crippen molar-refractivity contribution in [1.29, 1.82) is 0 Å². The maximum Gasteiger partial charge on any atom is 0.257 e. The molecule has 2 aromatic rings. The molecule has 7 heteroatoms. The summed E-state index contributed by atoms with van der Waals surface area (Å²) >= 11 is 0. The Labute approximate surface area is 140 Å². The lowest BCUT2D eigenvalue weighted by Crippen LogP contribution is -2.49. The molecule has 0 bridgehead atoms. The van der Waals surface area contributed by atoms with E-state index in [1.54, 1.807) is 50.9 Å². The molecular formula is C17H20N4O3. The van der Waals surface area contributed by atoms with Crippen molar-refractivity contribution in [2.75, 3.05) is 45.3 Å². The van der Waals surface area contributed by atoms with Gasteiger partial charge in [0.15, 0.2) is 0 Å². The van der Waals surface area contributed by atoms with Crippen LogP contribution in [-0.2, 0) is 0 Å². The van der Waals surface area contributed by atoms with Crippen LogP contribution in [0.5, 0.6) is 11.5 Å². The average molecular weight is 328 g/mol. The number of ether oxygens (including phenoxy) is 2. The summed E-state index contributed by atoms with van der Waals surface area (Å²) in [5, 5.41) is 0. The Morgan fingerprint density at radius 2 is 1.75 bits per heavy atom. The molecule has 0 saturated carbocycles. The van der Waals surface area contributed by atoms with Crippen LogP contribution < -0.4 is 14.4 Å². The van der Waals surface area contributed by atoms with Gasteiger partial charge >= 0.3 is 0 Å². The number of hydrogen-bond donors (Lipinski definition) is 0. The number of methoxy groups -OCH3 is 2. The number of aromatic nitrogens is 2. The SMILES string of the molecule is COc1ccc(OC)c(C(=O)N2CCN(c3ncccn3)CC2)c1. The van der Waals surface area contributed by atoms with Gasteiger partial charge in [-0.1, -0.05) is 0 Å². The van der Waals surface area contributed by atoms with Crippen molar-refractivity contribution in [2.45, 2.75) is 0 Å². The Kier molecular flexibility index (Phi) is 4.79. The third-order valence-electron chi connectivity index (χ3n) is 4.04. The molecule has 0 spiro atoms. The van der Waals surface area contributed by atoms with Crippen LogP contribution in [0, 0.1) is 0 Å². The van der Waals surface area contributed by atoms with Gasteiger partial charge in [-0.3, -0.25) is 4.79 Å². The Morgan fingerprint density at radius 1 is 1.04 bits per heavy atom. The van der Waals surface area contributed by atoms with Gasteiger partial charge in [0.05, 0.1) is 19.8 Å². The summed E-state index contributed by atoms with van der Waals surface area (Å²) in [5.74, 6) is 1.83. The fraction of sp³-hybridized carbons (Fsp3) is 0.353. The van der Waals surface area contributed by atoms with E-state index in [-0.39, 0.29) is 5.91 Å². The number of piperazine rings is 1. The molecule has 0 N–H and O–H groups in total. The predicted octanol–water partition coefficient (Wildman–Crippen LogP) is 1.46. The topological polar surface area (TPSA) is 67.8 Å². The average Bonchev–Trinajstić information content (AvgIpc) is 2.67. The van der Waals surface area contributed by atoms with Crippen LogP contribution in [0.1, 0.15) is 10.4 Å². The normalized spacial score (nSPS) is 14.4. The van der Waals surface area contributed by atoms with Crippen LogP contribution in [0.15, 0.2) is 36.7 Å². The van der Waals surface area contributed by atoms with Crippen molar-refractivity contribution < 1.29 is 14.3 Å². The van der Waals surface area contributed by atoms with Gasteiger partial charge in [0.25, 0.3) is 5.91 Å². The van der Waals surface area contributed by atoms with E-state index in [0.717, 1.165) is 0 Å². The first-order valence-electron chi connectivity index (χ1n) is 7.76. The Morgan fingerprint density at radius 3 is 2.38 bits per heavy atom. The fourth-order valence-corrected chi connectivity index (χ4v) is 2.72. The zero-order valence-corrected chi connectivity index (χ0v) is 13.8. The van der Waals surface area contributed by atoms with Crippen LogP contribution in [-0.4, -0.2) is 61.2 Å². The molecule has 1 aromatic heterocycles. The first-order chi connectivity index (χ1) is 11.7. The van der Waals surface area contributed by atoms with E-state index in [1.165, 1.54) is 0 Å². The number of carbonyl (C=O) groups is 1. The molecule has 1 saturated heterocycles. The van der Waals surface area contributed by atoms with Crippen LogP contribution in [0.4, 0.5) is 5.95 Å². The molecule has 1 aliphatic rings. The minimum atomic E-state index is -0.0561. The number of anilines is 1. The van der Waals surface area contributed by atoms with Crippen LogP contribution in [0.2, 0.25) is 0 Å². The van der Waals surface area contributed by atoms with Crippen LogP contribution in [0.25, 0.3) is 0 Å². The summed E-state index contributed by atoms with van der Waals surface area (Å²) in [7, 11) is 3.14. The molecule has 0 atom stereocenters. The van der Waals surface area contributed by atoms with Crippen molar-refractivity contribution in [3.05, 3.63) is 42.2 Å². The highest BCUT2D eigenvalue weighted by Gasteiger charge is 2.25. The maximum atomic E-state index is 12.8. The highest BCUT2D eigenvalue weighted by molar-refractivity contribution is 5.97. The molecule has 126 valence electrons. The maximum absolute atomic E-state index is 12.8. The molecule has 0 unspecified atom stereocenters. The van der Waals surface area contributed by atoms with E-state index in [2.05, 4.69) is 14.9 Å². The third kappa shape index (κ3) is 3.24. The zero-order chi connectivity index (χ0) is 16.9. The second kappa shape index (κ2) is 7.16. The number of carbonyl (C=O) groups excluding carboxylic acids is 1. The molecule has 24 heavy (non-hydrogen) atoms. The first-order valence-corrected chi connectivity index (χ1v) is 7.76. The fourth-order valence-electron chi connectivity index (χ4n) is 2.72. The zero-order valence-electron chi connectivity index (χ0n) is 13.8. The highest BCUT2D eigenvalue weighted by Crippen LogP contribution is 2.26. The molecule has 3 rings (SSSR count). The van der Waals surface area contributed by atoms with Crippen LogP contribution in [0.3, 0.4) is 0 Å². The lowest BCUT2D eigenvalue weighted by molar-refractivity contribution is 0.0742. The van der Waals surface area contributed by atoms with Crippen molar-refractivity contribution >= 4 is 11.9 Å². The minimum Gasteiger partial charge on any atom is -0.497 e. The van der Waals surface area contributed by atoms with Gasteiger partial charge in [-0.25, -0.2) is 9.97 Å². The van der Waals surface area contributed by atoms with Gasteiger partial charge in [0, 0.05) is 38.6 Å². The smallest absolute Gasteiger partial charge is 0.257 e. The molecule has 2 heterocycles. The van der Waals surface area contributed by atoms with E-state index in [1.807, 2.05) is 4.90 Å². The quantitative estimate of drug-likeness (QED) is 0.846. The minimum absolute atomic E-state index is 0.0561. The largest absolute Gasteiger partial charge is 0.497 e. The van der Waals surface area contributed by atoms with Gasteiger partial charge < -0.3 is 19.3 Å². The molecule has 1 aliphatic heterocycles. The Hall–Kier alpha value is -2.83. The monoisotopic (exact) mass is 328 g/mol. The van der Waals surface area contributed by atoms with Gasteiger partial charge in [0.1, 0.15) is 11.5 Å². The van der Waals surface area contributed by atoms with Gasteiger partial charge in [-0.15, -0.1) is 0 Å². The molecule has 7 nitrogen and oxygen atoms in total. The summed E-state index contributed by atoms with van der Waals surface area (Å²) in [6, 6.07) is 7.03. The summed E-state index contributed by atoms with van der Waals surface area (Å²) in [6.07, 6.45) is 3.45. The van der Waals surface area contributed by atoms with Crippen LogP contribution >= 0.6 is 0 Å². The predicted molar refractivity (Wildman–Crippen MR) is 89.7 cm³/mol. The molecular weight excluding hydrogens is 308 g/mol. The van der Waals surface area contributed by atoms with E-state index >= 15 is 0 Å². The highest BCUT2D eigenvalue weighted by atomic mass is 16.5. The Balaban J connectivity index is 1.71. The van der Waals surface area contributed by atoms with E-state index < -0.39 is 0 Å². The standard InChI is InChI=1S/C17H20N4O3/c1-23-13-4-5-15(24-2)14(12-13)16(22)20-8-10-21(11-9-20)17-18-6-3-7-19-17/h3-7,12H,8-11H2,1-2H3. The summed E-state index contributed by atoms with van der Waals surface area (Å²) in [6.45, 7) is 2.61. The summed E-state index contributed by atoms with van der Waals surface area (Å²) in [4.78, 5) is 25.2. The van der Waals surface area contributed by atoms with Gasteiger partial charge in [-0.2, -0.15) is 0 Å². The third-order valence-corrected chi connectivity index (χ3v) is 4.04. The first kappa shape index (κ1) is 16.0. The lowest BCUT2D eigenvalue weighted by Gasteiger charge is -2.34. The Bertz CT molecular complexity index is 700. The van der Waals surface area contributed by atoms with Crippen molar-refractivity contribution in [1.82, 2.24) is 14.9 Å². The van der Waals surface area contributed by atoms with Crippen molar-refractivity contribution in [3.8, 4) is 11.5 Å². The van der Waals surface area contributed by atoms with Crippen molar-refractivity contribution in [2.24, 2.45) is 0 Å².